The van der Waals surface area contributed by atoms with E-state index in [4.69, 9.17) is 47.9 Å². The van der Waals surface area contributed by atoms with Crippen molar-refractivity contribution in [2.75, 3.05) is 178 Å². The third kappa shape index (κ3) is 13.9. The Labute approximate surface area is 320 Å². The molecule has 3 aliphatic heterocycles. The molecule has 0 aliphatic carbocycles. The average Bonchev–Trinajstić information content (AvgIpc) is 3.45. The second-order valence-corrected chi connectivity index (χ2v) is 12.7. The van der Waals surface area contributed by atoms with Gasteiger partial charge in [0, 0.05) is 64.5 Å². The molecule has 0 bridgehead atoms. The van der Waals surface area contributed by atoms with E-state index in [1.165, 1.54) is 12.1 Å². The molecule has 0 atom stereocenters. The van der Waals surface area contributed by atoms with E-state index in [0.717, 1.165) is 0 Å². The van der Waals surface area contributed by atoms with Gasteiger partial charge in [0.15, 0.2) is 0 Å². The first-order valence-electron chi connectivity index (χ1n) is 18.9. The van der Waals surface area contributed by atoms with Crippen LogP contribution >= 0.6 is 0 Å². The van der Waals surface area contributed by atoms with Crippen molar-refractivity contribution >= 4 is 34.6 Å². The van der Waals surface area contributed by atoms with Crippen molar-refractivity contribution in [3.8, 4) is 0 Å². The van der Waals surface area contributed by atoms with Gasteiger partial charge in [0.2, 0.25) is 11.6 Å². The molecule has 55 heavy (non-hydrogen) atoms. The third-order valence-corrected chi connectivity index (χ3v) is 9.07. The molecule has 0 aromatic carbocycles. The smallest absolute Gasteiger partial charge is 0.311 e. The number of anilines is 4. The Bertz CT molecular complexity index is 1320. The largest absolute Gasteiger partial charge is 0.377 e. The molecule has 5 rings (SSSR count). The van der Waals surface area contributed by atoms with E-state index in [9.17, 15) is 20.2 Å². The molecule has 3 fully saturated rings. The first-order chi connectivity index (χ1) is 27.0. The Balaban J connectivity index is 1.32. The predicted octanol–water partition coefficient (Wildman–Crippen LogP) is 1.78. The Morgan fingerprint density at radius 3 is 0.982 bits per heavy atom. The summed E-state index contributed by atoms with van der Waals surface area (Å²) in [6, 6.07) is 6.24. The molecule has 0 amide bonds. The van der Waals surface area contributed by atoms with Crippen LogP contribution in [-0.4, -0.2) is 178 Å². The van der Waals surface area contributed by atoms with Crippen LogP contribution in [0.3, 0.4) is 0 Å². The number of nitrogens with zero attached hydrogens (tertiary/aromatic N) is 8. The summed E-state index contributed by atoms with van der Waals surface area (Å²) in [6.07, 6.45) is 0.553. The Morgan fingerprint density at radius 1 is 0.400 bits per heavy atom. The molecule has 5 heterocycles. The molecule has 306 valence electrons. The molecule has 3 saturated heterocycles. The lowest BCUT2D eigenvalue weighted by molar-refractivity contribution is -0.384. The predicted molar refractivity (Wildman–Crippen MR) is 202 cm³/mol. The minimum atomic E-state index is -0.432. The molecule has 2 aromatic rings. The van der Waals surface area contributed by atoms with E-state index >= 15 is 0 Å². The summed E-state index contributed by atoms with van der Waals surface area (Å²) in [7, 11) is 0. The van der Waals surface area contributed by atoms with Gasteiger partial charge >= 0.3 is 11.4 Å². The zero-order valence-corrected chi connectivity index (χ0v) is 31.5. The van der Waals surface area contributed by atoms with Crippen LogP contribution in [0.15, 0.2) is 24.3 Å². The number of hydrogen-bond acceptors (Lipinski definition) is 18. The van der Waals surface area contributed by atoms with Gasteiger partial charge in [-0.25, -0.2) is 9.97 Å². The lowest BCUT2D eigenvalue weighted by Gasteiger charge is -2.27. The molecule has 20 heteroatoms. The lowest BCUT2D eigenvalue weighted by Crippen LogP contribution is -2.35. The topological polar surface area (TPSA) is 199 Å². The highest BCUT2D eigenvalue weighted by atomic mass is 16.6. The summed E-state index contributed by atoms with van der Waals surface area (Å²) in [5.41, 5.74) is -0.244. The zero-order valence-electron chi connectivity index (χ0n) is 31.5. The lowest BCUT2D eigenvalue weighted by atomic mass is 10.3. The van der Waals surface area contributed by atoms with Crippen LogP contribution in [0.2, 0.25) is 0 Å². The van der Waals surface area contributed by atoms with E-state index in [0.29, 0.717) is 176 Å². The van der Waals surface area contributed by atoms with Crippen molar-refractivity contribution in [1.82, 2.24) is 9.97 Å². The van der Waals surface area contributed by atoms with Crippen molar-refractivity contribution in [2.45, 2.75) is 6.42 Å². The number of nitro groups is 2. The molecule has 0 N–H and O–H groups in total. The average molecular weight is 779 g/mol. The molecule has 20 nitrogen and oxygen atoms in total. The van der Waals surface area contributed by atoms with Gasteiger partial charge in [-0.15, -0.1) is 0 Å². The number of hydrogen-bond donors (Lipinski definition) is 0. The van der Waals surface area contributed by atoms with Crippen LogP contribution in [0.25, 0.3) is 0 Å². The van der Waals surface area contributed by atoms with Crippen molar-refractivity contribution in [3.05, 3.63) is 44.5 Å². The summed E-state index contributed by atoms with van der Waals surface area (Å²) >= 11 is 0. The summed E-state index contributed by atoms with van der Waals surface area (Å²) < 4.78 is 45.2. The van der Waals surface area contributed by atoms with Gasteiger partial charge in [0.1, 0.15) is 11.6 Å². The van der Waals surface area contributed by atoms with Crippen molar-refractivity contribution < 1.29 is 47.7 Å². The van der Waals surface area contributed by atoms with E-state index in [2.05, 4.69) is 0 Å². The number of aromatic nitrogens is 2. The standard InChI is InChI=1S/C35H54N8O12/c44-42(45)30-2-4-32(38-10-14-48-18-22-52-26-27-53-23-19-49-15-11-38)36-34(30)40-6-1-7-41(9-8-40)35-31(43(46)47)3-5-33(37-35)39-12-16-50-20-24-54-28-29-55-25-21-51-17-13-39/h2-5H,1,6-29H2. The Hall–Kier alpha value is -4.02. The van der Waals surface area contributed by atoms with E-state index in [-0.39, 0.29) is 23.0 Å². The minimum absolute atomic E-state index is 0.122. The normalized spacial score (nSPS) is 20.7. The SMILES string of the molecule is O=[N+]([O-])c1ccc(N2CCOCCOCCOCCOCC2)nc1N1CCCN(c2nc(N3CCOCCOCCOCCOCC3)ccc2[N+](=O)[O-])CC1. The maximum Gasteiger partial charge on any atom is 0.311 e. The van der Waals surface area contributed by atoms with Crippen LogP contribution in [0.5, 0.6) is 0 Å². The van der Waals surface area contributed by atoms with Gasteiger partial charge in [0.25, 0.3) is 0 Å². The van der Waals surface area contributed by atoms with E-state index in [1.807, 2.05) is 19.6 Å². The van der Waals surface area contributed by atoms with Crippen LogP contribution in [0, 0.1) is 20.2 Å². The Kier molecular flexibility index (Phi) is 18.2. The molecule has 0 radical (unpaired) electrons. The Morgan fingerprint density at radius 2 is 0.691 bits per heavy atom. The molecule has 2 aromatic heterocycles. The van der Waals surface area contributed by atoms with Gasteiger partial charge in [-0.3, -0.25) is 20.2 Å². The first kappa shape index (κ1) is 42.1. The third-order valence-electron chi connectivity index (χ3n) is 9.07. The zero-order chi connectivity index (χ0) is 38.5. The van der Waals surface area contributed by atoms with Crippen molar-refractivity contribution in [2.24, 2.45) is 0 Å². The quantitative estimate of drug-likeness (QED) is 0.303. The summed E-state index contributed by atoms with van der Waals surface area (Å²) in [5, 5.41) is 24.6. The fourth-order valence-electron chi connectivity index (χ4n) is 6.21. The van der Waals surface area contributed by atoms with Crippen LogP contribution in [-0.2, 0) is 37.9 Å². The highest BCUT2D eigenvalue weighted by molar-refractivity contribution is 5.65. The highest BCUT2D eigenvalue weighted by Gasteiger charge is 2.29. The van der Waals surface area contributed by atoms with E-state index in [1.54, 1.807) is 12.1 Å². The van der Waals surface area contributed by atoms with Gasteiger partial charge < -0.3 is 57.5 Å². The maximum absolute atomic E-state index is 12.3. The van der Waals surface area contributed by atoms with Crippen molar-refractivity contribution in [1.29, 1.82) is 0 Å². The second-order valence-electron chi connectivity index (χ2n) is 12.7. The van der Waals surface area contributed by atoms with Gasteiger partial charge in [-0.05, 0) is 18.6 Å². The van der Waals surface area contributed by atoms with Crippen molar-refractivity contribution in [3.63, 3.8) is 0 Å². The van der Waals surface area contributed by atoms with Gasteiger partial charge in [-0.1, -0.05) is 0 Å². The number of ether oxygens (including phenoxy) is 8. The van der Waals surface area contributed by atoms with Crippen LogP contribution in [0.4, 0.5) is 34.6 Å². The second kappa shape index (κ2) is 23.8. The molecule has 0 saturated carbocycles. The number of pyridine rings is 2. The maximum atomic E-state index is 12.3. The fourth-order valence-corrected chi connectivity index (χ4v) is 6.21. The molecular formula is C35H54N8O12. The number of rotatable bonds is 6. The fraction of sp³-hybridized carbons (Fsp3) is 0.714. The molecular weight excluding hydrogens is 724 g/mol. The van der Waals surface area contributed by atoms with Gasteiger partial charge in [0.05, 0.1) is 116 Å². The monoisotopic (exact) mass is 778 g/mol. The minimum Gasteiger partial charge on any atom is -0.377 e. The summed E-state index contributed by atoms with van der Waals surface area (Å²) in [6.45, 7) is 10.5. The van der Waals surface area contributed by atoms with Crippen LogP contribution in [0.1, 0.15) is 6.42 Å². The molecule has 0 spiro atoms. The van der Waals surface area contributed by atoms with Crippen LogP contribution < -0.4 is 19.6 Å². The summed E-state index contributed by atoms with van der Waals surface area (Å²) in [5.74, 6) is 1.57. The van der Waals surface area contributed by atoms with E-state index < -0.39 is 9.85 Å². The first-order valence-corrected chi connectivity index (χ1v) is 18.9. The summed E-state index contributed by atoms with van der Waals surface area (Å²) in [4.78, 5) is 41.1. The molecule has 3 aliphatic rings. The van der Waals surface area contributed by atoms with Gasteiger partial charge in [-0.2, -0.15) is 0 Å². The molecule has 0 unspecified atom stereocenters. The highest BCUT2D eigenvalue weighted by Crippen LogP contribution is 2.33.